The van der Waals surface area contributed by atoms with Gasteiger partial charge in [-0.2, -0.15) is 0 Å². The molecule has 1 saturated carbocycles. The highest BCUT2D eigenvalue weighted by molar-refractivity contribution is 6.08. The molecule has 0 spiro atoms. The summed E-state index contributed by atoms with van der Waals surface area (Å²) < 4.78 is 6.46. The van der Waals surface area contributed by atoms with Crippen LogP contribution in [0, 0.1) is 11.8 Å². The highest BCUT2D eigenvalue weighted by atomic mass is 16.5. The van der Waals surface area contributed by atoms with Crippen molar-refractivity contribution in [2.24, 2.45) is 18.9 Å². The fourth-order valence-corrected chi connectivity index (χ4v) is 3.86. The van der Waals surface area contributed by atoms with Crippen LogP contribution < -0.4 is 5.32 Å². The summed E-state index contributed by atoms with van der Waals surface area (Å²) in [4.78, 5) is 62.1. The Morgan fingerprint density at radius 1 is 1.18 bits per heavy atom. The molecule has 1 aromatic rings. The quantitative estimate of drug-likeness (QED) is 0.575. The van der Waals surface area contributed by atoms with Gasteiger partial charge in [0, 0.05) is 13.2 Å². The van der Waals surface area contributed by atoms with Gasteiger partial charge >= 0.3 is 5.97 Å². The van der Waals surface area contributed by atoms with Crippen molar-refractivity contribution < 1.29 is 28.7 Å². The van der Waals surface area contributed by atoms with E-state index in [0.29, 0.717) is 12.8 Å². The number of imide groups is 2. The summed E-state index contributed by atoms with van der Waals surface area (Å²) in [6.45, 7) is 0.727. The molecular weight excluding hydrogens is 366 g/mol. The maximum Gasteiger partial charge on any atom is 0.329 e. The first-order valence-electron chi connectivity index (χ1n) is 9.30. The molecule has 2 heterocycles. The Bertz CT molecular complexity index is 805. The second-order valence-corrected chi connectivity index (χ2v) is 7.21. The highest BCUT2D eigenvalue weighted by Crippen LogP contribution is 2.38. The van der Waals surface area contributed by atoms with E-state index in [1.807, 2.05) is 0 Å². The summed E-state index contributed by atoms with van der Waals surface area (Å²) >= 11 is 0. The molecule has 2 aliphatic rings. The summed E-state index contributed by atoms with van der Waals surface area (Å²) in [6.07, 6.45) is 4.74. The normalized spacial score (nSPS) is 22.6. The summed E-state index contributed by atoms with van der Waals surface area (Å²) in [7, 11) is 1.66. The van der Waals surface area contributed by atoms with E-state index in [0.717, 1.165) is 17.7 Å². The molecule has 0 bridgehead atoms. The van der Waals surface area contributed by atoms with E-state index in [1.165, 1.54) is 6.92 Å². The van der Waals surface area contributed by atoms with Gasteiger partial charge in [-0.15, -0.1) is 0 Å². The van der Waals surface area contributed by atoms with Gasteiger partial charge in [0.05, 0.1) is 11.8 Å². The van der Waals surface area contributed by atoms with Crippen LogP contribution in [0.3, 0.4) is 0 Å². The molecule has 4 amide bonds. The number of nitrogens with zero attached hydrogens (tertiary/aromatic N) is 2. The van der Waals surface area contributed by atoms with E-state index < -0.39 is 30.4 Å². The Labute approximate surface area is 162 Å². The molecule has 9 heteroatoms. The summed E-state index contributed by atoms with van der Waals surface area (Å²) in [5.41, 5.74) is 0.281. The Morgan fingerprint density at radius 3 is 2.32 bits per heavy atom. The van der Waals surface area contributed by atoms with Crippen LogP contribution in [0.1, 0.15) is 43.1 Å². The zero-order valence-corrected chi connectivity index (χ0v) is 15.8. The van der Waals surface area contributed by atoms with E-state index in [-0.39, 0.29) is 29.3 Å². The molecule has 2 fully saturated rings. The summed E-state index contributed by atoms with van der Waals surface area (Å²) in [6, 6.07) is 2.09. The molecule has 0 aromatic carbocycles. The van der Waals surface area contributed by atoms with E-state index in [9.17, 15) is 24.0 Å². The van der Waals surface area contributed by atoms with Crippen LogP contribution in [0.5, 0.6) is 0 Å². The van der Waals surface area contributed by atoms with Crippen LogP contribution in [0.15, 0.2) is 18.3 Å². The predicted molar refractivity (Wildman–Crippen MR) is 95.6 cm³/mol. The zero-order chi connectivity index (χ0) is 20.4. The molecule has 1 aliphatic carbocycles. The monoisotopic (exact) mass is 389 g/mol. The molecule has 3 atom stereocenters. The number of amides is 4. The van der Waals surface area contributed by atoms with Gasteiger partial charge in [0.15, 0.2) is 6.61 Å². The number of esters is 1. The maximum atomic E-state index is 12.5. The molecule has 150 valence electrons. The minimum absolute atomic E-state index is 0.281. The van der Waals surface area contributed by atoms with Crippen LogP contribution in [-0.4, -0.2) is 51.7 Å². The van der Waals surface area contributed by atoms with Crippen LogP contribution in [0.25, 0.3) is 0 Å². The first kappa shape index (κ1) is 19.8. The van der Waals surface area contributed by atoms with Gasteiger partial charge in [-0.1, -0.05) is 12.8 Å². The lowest BCUT2D eigenvalue weighted by Gasteiger charge is -2.21. The zero-order valence-electron chi connectivity index (χ0n) is 15.8. The molecule has 1 aliphatic heterocycles. The molecule has 1 N–H and O–H groups in total. The third-order valence-electron chi connectivity index (χ3n) is 5.38. The summed E-state index contributed by atoms with van der Waals surface area (Å²) in [5.74, 6) is -3.67. The number of carbonyl (C=O) groups excluding carboxylic acids is 5. The van der Waals surface area contributed by atoms with Gasteiger partial charge < -0.3 is 9.30 Å². The second-order valence-electron chi connectivity index (χ2n) is 7.21. The number of hydrogen-bond acceptors (Lipinski definition) is 6. The fourth-order valence-electron chi connectivity index (χ4n) is 3.86. The van der Waals surface area contributed by atoms with Crippen molar-refractivity contribution in [2.45, 2.75) is 38.6 Å². The van der Waals surface area contributed by atoms with Crippen LogP contribution in [0.4, 0.5) is 0 Å². The van der Waals surface area contributed by atoms with Crippen molar-refractivity contribution in [3.8, 4) is 0 Å². The predicted octanol–water partition coefficient (Wildman–Crippen LogP) is 0.388. The number of carbonyl (C=O) groups is 5. The molecule has 0 radical (unpaired) electrons. The van der Waals surface area contributed by atoms with Crippen molar-refractivity contribution in [1.29, 1.82) is 0 Å². The minimum atomic E-state index is -1.11. The summed E-state index contributed by atoms with van der Waals surface area (Å²) in [5, 5.41) is 2.12. The number of rotatable bonds is 5. The molecule has 3 rings (SSSR count). The van der Waals surface area contributed by atoms with Gasteiger partial charge in [0.25, 0.3) is 11.8 Å². The Kier molecular flexibility index (Phi) is 5.62. The number of aryl methyl sites for hydroxylation is 1. The molecule has 1 saturated heterocycles. The van der Waals surface area contributed by atoms with Crippen molar-refractivity contribution >= 4 is 29.6 Å². The van der Waals surface area contributed by atoms with Crippen LogP contribution in [-0.2, 0) is 31.0 Å². The first-order chi connectivity index (χ1) is 13.3. The average Bonchev–Trinajstić information content (AvgIpc) is 3.21. The lowest BCUT2D eigenvalue weighted by molar-refractivity contribution is -0.159. The SMILES string of the molecule is C[C@@H](C(=O)OCC(=O)NC(=O)c1cccn1C)N1C(=O)[C@H]2CCCC[C@H]2C1=O. The highest BCUT2D eigenvalue weighted by Gasteiger charge is 2.51. The Hall–Kier alpha value is -2.97. The van der Waals surface area contributed by atoms with E-state index in [2.05, 4.69) is 5.32 Å². The number of likely N-dealkylation sites (tertiary alicyclic amines) is 1. The number of ether oxygens (including phenoxy) is 1. The Balaban J connectivity index is 1.53. The van der Waals surface area contributed by atoms with Crippen molar-refractivity contribution in [3.05, 3.63) is 24.0 Å². The Morgan fingerprint density at radius 2 is 1.79 bits per heavy atom. The van der Waals surface area contributed by atoms with Crippen LogP contribution in [0.2, 0.25) is 0 Å². The van der Waals surface area contributed by atoms with E-state index >= 15 is 0 Å². The molecular formula is C19H23N3O6. The van der Waals surface area contributed by atoms with Crippen molar-refractivity contribution in [2.75, 3.05) is 6.61 Å². The van der Waals surface area contributed by atoms with E-state index in [1.54, 1.807) is 29.9 Å². The molecule has 0 unspecified atom stereocenters. The van der Waals surface area contributed by atoms with Gasteiger partial charge in [-0.3, -0.25) is 29.4 Å². The molecule has 28 heavy (non-hydrogen) atoms. The number of nitrogens with one attached hydrogen (secondary N) is 1. The van der Waals surface area contributed by atoms with Crippen LogP contribution >= 0.6 is 0 Å². The lowest BCUT2D eigenvalue weighted by atomic mass is 9.81. The lowest BCUT2D eigenvalue weighted by Crippen LogP contribution is -2.45. The van der Waals surface area contributed by atoms with Gasteiger partial charge in [-0.25, -0.2) is 4.79 Å². The second kappa shape index (κ2) is 7.95. The van der Waals surface area contributed by atoms with Gasteiger partial charge in [0.2, 0.25) is 11.8 Å². The minimum Gasteiger partial charge on any atom is -0.454 e. The van der Waals surface area contributed by atoms with Crippen molar-refractivity contribution in [3.63, 3.8) is 0 Å². The molecule has 1 aromatic heterocycles. The first-order valence-corrected chi connectivity index (χ1v) is 9.30. The van der Waals surface area contributed by atoms with Gasteiger partial charge in [0.1, 0.15) is 11.7 Å². The maximum absolute atomic E-state index is 12.5. The largest absolute Gasteiger partial charge is 0.454 e. The standard InChI is InChI=1S/C19H23N3O6/c1-11(22-17(25)12-6-3-4-7-13(12)18(22)26)19(27)28-10-15(23)20-16(24)14-8-5-9-21(14)2/h5,8-9,11-13H,3-4,6-7,10H2,1-2H3,(H,20,23,24)/t11-,12-,13+/m0/s1. The number of hydrogen-bond donors (Lipinski definition) is 1. The topological polar surface area (TPSA) is 115 Å². The smallest absolute Gasteiger partial charge is 0.329 e. The molecule has 9 nitrogen and oxygen atoms in total. The number of fused-ring (bicyclic) bond motifs is 1. The van der Waals surface area contributed by atoms with E-state index in [4.69, 9.17) is 4.74 Å². The fraction of sp³-hybridized carbons (Fsp3) is 0.526. The average molecular weight is 389 g/mol. The van der Waals surface area contributed by atoms with Gasteiger partial charge in [-0.05, 0) is 31.9 Å². The van der Waals surface area contributed by atoms with Crippen molar-refractivity contribution in [1.82, 2.24) is 14.8 Å². The number of aromatic nitrogens is 1. The third-order valence-corrected chi connectivity index (χ3v) is 5.38. The third kappa shape index (κ3) is 3.69.